The summed E-state index contributed by atoms with van der Waals surface area (Å²) in [4.78, 5) is 4.44. The van der Waals surface area contributed by atoms with Crippen LogP contribution in [0.4, 0.5) is 0 Å². The lowest BCUT2D eigenvalue weighted by molar-refractivity contribution is 0.173. The molecule has 130 valence electrons. The number of aliphatic hydroxyl groups excluding tert-OH is 1. The van der Waals surface area contributed by atoms with Crippen molar-refractivity contribution in [3.8, 4) is 23.0 Å². The van der Waals surface area contributed by atoms with E-state index >= 15 is 0 Å². The maximum Gasteiger partial charge on any atom is 0.226 e. The highest BCUT2D eigenvalue weighted by Crippen LogP contribution is 2.23. The first-order valence-corrected chi connectivity index (χ1v) is 8.19. The van der Waals surface area contributed by atoms with Crippen molar-refractivity contribution in [1.82, 2.24) is 4.98 Å². The predicted molar refractivity (Wildman–Crippen MR) is 94.5 cm³/mol. The number of aromatic nitrogens is 1. The van der Waals surface area contributed by atoms with Crippen LogP contribution < -0.4 is 9.47 Å². The molecule has 1 unspecified atom stereocenters. The fourth-order valence-corrected chi connectivity index (χ4v) is 2.42. The van der Waals surface area contributed by atoms with Crippen LogP contribution >= 0.6 is 0 Å². The van der Waals surface area contributed by atoms with E-state index < -0.39 is 6.10 Å². The zero-order chi connectivity index (χ0) is 17.6. The highest BCUT2D eigenvalue weighted by atomic mass is 16.5. The van der Waals surface area contributed by atoms with Crippen LogP contribution in [0.5, 0.6) is 11.5 Å². The zero-order valence-electron chi connectivity index (χ0n) is 14.3. The lowest BCUT2D eigenvalue weighted by atomic mass is 10.1. The molecule has 0 radical (unpaired) electrons. The second-order valence-corrected chi connectivity index (χ2v) is 5.65. The number of ether oxygens (including phenoxy) is 2. The SMILES string of the molecule is CCC(O)c1ccc(OCc2coc(-c3ccc(OC)cc3)n2)cc1. The molecule has 0 amide bonds. The van der Waals surface area contributed by atoms with Crippen molar-refractivity contribution < 1.29 is 19.0 Å². The highest BCUT2D eigenvalue weighted by molar-refractivity contribution is 5.54. The molecule has 1 N–H and O–H groups in total. The summed E-state index contributed by atoms with van der Waals surface area (Å²) >= 11 is 0. The summed E-state index contributed by atoms with van der Waals surface area (Å²) in [5.74, 6) is 2.05. The summed E-state index contributed by atoms with van der Waals surface area (Å²) in [6.45, 7) is 2.26. The Kier molecular flexibility index (Phi) is 5.36. The third-order valence-corrected chi connectivity index (χ3v) is 3.93. The molecule has 3 rings (SSSR count). The maximum absolute atomic E-state index is 9.80. The normalized spacial score (nSPS) is 12.0. The van der Waals surface area contributed by atoms with Gasteiger partial charge in [-0.1, -0.05) is 19.1 Å². The van der Waals surface area contributed by atoms with Crippen molar-refractivity contribution in [1.29, 1.82) is 0 Å². The standard InChI is InChI=1S/C20H21NO4/c1-3-19(22)14-4-10-18(11-5-14)24-12-16-13-25-20(21-16)15-6-8-17(23-2)9-7-15/h4-11,13,19,22H,3,12H2,1-2H3. The zero-order valence-corrected chi connectivity index (χ0v) is 14.3. The molecule has 0 spiro atoms. The van der Waals surface area contributed by atoms with Crippen molar-refractivity contribution in [3.05, 3.63) is 66.1 Å². The molecule has 2 aromatic carbocycles. The van der Waals surface area contributed by atoms with E-state index in [1.807, 2.05) is 55.5 Å². The topological polar surface area (TPSA) is 64.7 Å². The molecule has 0 fully saturated rings. The molecule has 0 aliphatic rings. The molecule has 0 bridgehead atoms. The first-order chi connectivity index (χ1) is 12.2. The van der Waals surface area contributed by atoms with Crippen LogP contribution in [0.15, 0.2) is 59.2 Å². The molecule has 0 saturated carbocycles. The summed E-state index contributed by atoms with van der Waals surface area (Å²) in [7, 11) is 1.63. The second-order valence-electron chi connectivity index (χ2n) is 5.65. The Morgan fingerprint density at radius 3 is 2.36 bits per heavy atom. The Hall–Kier alpha value is -2.79. The average Bonchev–Trinajstić information content (AvgIpc) is 3.15. The van der Waals surface area contributed by atoms with Gasteiger partial charge in [0, 0.05) is 5.56 Å². The third kappa shape index (κ3) is 4.19. The van der Waals surface area contributed by atoms with Gasteiger partial charge in [-0.15, -0.1) is 0 Å². The molecule has 5 heteroatoms. The van der Waals surface area contributed by atoms with Crippen molar-refractivity contribution in [2.45, 2.75) is 26.1 Å². The van der Waals surface area contributed by atoms with Crippen LogP contribution in [0.1, 0.15) is 30.7 Å². The van der Waals surface area contributed by atoms with Crippen LogP contribution in [-0.2, 0) is 6.61 Å². The summed E-state index contributed by atoms with van der Waals surface area (Å²) < 4.78 is 16.4. The monoisotopic (exact) mass is 339 g/mol. The Morgan fingerprint density at radius 2 is 1.72 bits per heavy atom. The Bertz CT molecular complexity index is 793. The van der Waals surface area contributed by atoms with E-state index in [1.54, 1.807) is 13.4 Å². The van der Waals surface area contributed by atoms with Crippen molar-refractivity contribution in [2.75, 3.05) is 7.11 Å². The van der Waals surface area contributed by atoms with Crippen LogP contribution in [0.2, 0.25) is 0 Å². The molecule has 1 heterocycles. The molecular weight excluding hydrogens is 318 g/mol. The molecule has 25 heavy (non-hydrogen) atoms. The highest BCUT2D eigenvalue weighted by Gasteiger charge is 2.08. The maximum atomic E-state index is 9.80. The number of nitrogens with zero attached hydrogens (tertiary/aromatic N) is 1. The van der Waals surface area contributed by atoms with Gasteiger partial charge in [0.2, 0.25) is 5.89 Å². The van der Waals surface area contributed by atoms with E-state index in [-0.39, 0.29) is 0 Å². The molecule has 3 aromatic rings. The van der Waals surface area contributed by atoms with Gasteiger partial charge in [-0.25, -0.2) is 4.98 Å². The fourth-order valence-electron chi connectivity index (χ4n) is 2.42. The van der Waals surface area contributed by atoms with Gasteiger partial charge in [0.1, 0.15) is 30.1 Å². The van der Waals surface area contributed by atoms with Gasteiger partial charge in [0.25, 0.3) is 0 Å². The smallest absolute Gasteiger partial charge is 0.226 e. The van der Waals surface area contributed by atoms with E-state index in [4.69, 9.17) is 13.9 Å². The number of rotatable bonds is 7. The number of methoxy groups -OCH3 is 1. The second kappa shape index (κ2) is 7.85. The van der Waals surface area contributed by atoms with Gasteiger partial charge < -0.3 is 19.0 Å². The van der Waals surface area contributed by atoms with E-state index in [2.05, 4.69) is 4.98 Å². The minimum absolute atomic E-state index is 0.315. The summed E-state index contributed by atoms with van der Waals surface area (Å²) in [6.07, 6.45) is 1.85. The van der Waals surface area contributed by atoms with Crippen LogP contribution in [0.3, 0.4) is 0 Å². The van der Waals surface area contributed by atoms with Crippen molar-refractivity contribution >= 4 is 0 Å². The van der Waals surface area contributed by atoms with E-state index in [1.165, 1.54) is 0 Å². The number of benzene rings is 2. The minimum atomic E-state index is -0.434. The van der Waals surface area contributed by atoms with Crippen LogP contribution in [0.25, 0.3) is 11.5 Å². The quantitative estimate of drug-likeness (QED) is 0.692. The molecule has 0 aliphatic carbocycles. The van der Waals surface area contributed by atoms with Gasteiger partial charge in [-0.3, -0.25) is 0 Å². The van der Waals surface area contributed by atoms with Gasteiger partial charge in [-0.2, -0.15) is 0 Å². The fraction of sp³-hybridized carbons (Fsp3) is 0.250. The Balaban J connectivity index is 1.61. The molecule has 5 nitrogen and oxygen atoms in total. The lowest BCUT2D eigenvalue weighted by Gasteiger charge is -2.09. The van der Waals surface area contributed by atoms with Crippen molar-refractivity contribution in [2.24, 2.45) is 0 Å². The van der Waals surface area contributed by atoms with Crippen LogP contribution in [0, 0.1) is 0 Å². The Labute approximate surface area is 146 Å². The first-order valence-electron chi connectivity index (χ1n) is 8.19. The predicted octanol–water partition coefficient (Wildman–Crippen LogP) is 4.37. The molecule has 1 aromatic heterocycles. The van der Waals surface area contributed by atoms with Crippen LogP contribution in [-0.4, -0.2) is 17.2 Å². The van der Waals surface area contributed by atoms with Gasteiger partial charge in [-0.05, 0) is 48.4 Å². The van der Waals surface area contributed by atoms with Crippen molar-refractivity contribution in [3.63, 3.8) is 0 Å². The summed E-state index contributed by atoms with van der Waals surface area (Å²) in [5, 5.41) is 9.80. The van der Waals surface area contributed by atoms with Gasteiger partial charge >= 0.3 is 0 Å². The summed E-state index contributed by atoms with van der Waals surface area (Å²) in [6, 6.07) is 15.0. The first kappa shape index (κ1) is 17.0. The Morgan fingerprint density at radius 1 is 1.04 bits per heavy atom. The molecular formula is C20H21NO4. The van der Waals surface area contributed by atoms with E-state index in [0.717, 1.165) is 22.6 Å². The summed E-state index contributed by atoms with van der Waals surface area (Å²) in [5.41, 5.74) is 2.48. The largest absolute Gasteiger partial charge is 0.497 e. The number of hydrogen-bond donors (Lipinski definition) is 1. The average molecular weight is 339 g/mol. The molecule has 0 aliphatic heterocycles. The van der Waals surface area contributed by atoms with E-state index in [0.29, 0.717) is 24.6 Å². The van der Waals surface area contributed by atoms with Gasteiger partial charge in [0.15, 0.2) is 0 Å². The number of aliphatic hydroxyl groups is 1. The third-order valence-electron chi connectivity index (χ3n) is 3.93. The molecule has 0 saturated heterocycles. The van der Waals surface area contributed by atoms with Gasteiger partial charge in [0.05, 0.1) is 13.2 Å². The lowest BCUT2D eigenvalue weighted by Crippen LogP contribution is -1.98. The molecule has 1 atom stereocenters. The number of oxazole rings is 1. The number of hydrogen-bond acceptors (Lipinski definition) is 5. The van der Waals surface area contributed by atoms with E-state index in [9.17, 15) is 5.11 Å². The minimum Gasteiger partial charge on any atom is -0.497 e.